The molecule has 0 spiro atoms. The van der Waals surface area contributed by atoms with Gasteiger partial charge in [0.15, 0.2) is 0 Å². The van der Waals surface area contributed by atoms with E-state index in [0.29, 0.717) is 0 Å². The molecule has 0 aliphatic rings. The molecular weight excluding hydrogens is 120 g/mol. The van der Waals surface area contributed by atoms with E-state index in [1.165, 1.54) is 19.3 Å². The third kappa shape index (κ3) is 5.87. The topological polar surface area (TPSA) is 0 Å². The zero-order chi connectivity index (χ0) is 7.98. The van der Waals surface area contributed by atoms with Crippen molar-refractivity contribution in [2.45, 2.75) is 47.0 Å². The summed E-state index contributed by atoms with van der Waals surface area (Å²) in [6, 6.07) is 0. The molecule has 0 atom stereocenters. The van der Waals surface area contributed by atoms with Crippen LogP contribution in [-0.4, -0.2) is 0 Å². The highest BCUT2D eigenvalue weighted by Crippen LogP contribution is 2.10. The molecule has 0 nitrogen and oxygen atoms in total. The predicted octanol–water partition coefficient (Wildman–Crippen LogP) is 3.78. The molecule has 0 fully saturated rings. The second kappa shape index (κ2) is 5.52. The first-order valence-electron chi connectivity index (χ1n) is 4.32. The summed E-state index contributed by atoms with van der Waals surface area (Å²) in [4.78, 5) is 0. The number of rotatable bonds is 4. The quantitative estimate of drug-likeness (QED) is 0.521. The Kier molecular flexibility index (Phi) is 5.38. The van der Waals surface area contributed by atoms with Gasteiger partial charge in [0.25, 0.3) is 0 Å². The van der Waals surface area contributed by atoms with Gasteiger partial charge in [-0.25, -0.2) is 0 Å². The highest BCUT2D eigenvalue weighted by molar-refractivity contribution is 4.97. The molecule has 0 aromatic carbocycles. The first kappa shape index (κ1) is 9.74. The number of unbranched alkanes of at least 4 members (excludes halogenated alkanes) is 1. The fraction of sp³-hybridized carbons (Fsp3) is 0.800. The first-order chi connectivity index (χ1) is 4.66. The zero-order valence-corrected chi connectivity index (χ0v) is 7.78. The zero-order valence-electron chi connectivity index (χ0n) is 7.78. The van der Waals surface area contributed by atoms with Crippen LogP contribution in [0, 0.1) is 5.92 Å². The molecule has 10 heavy (non-hydrogen) atoms. The van der Waals surface area contributed by atoms with Crippen LogP contribution in [0.2, 0.25) is 0 Å². The third-order valence-corrected chi connectivity index (χ3v) is 1.51. The molecule has 0 unspecified atom stereocenters. The van der Waals surface area contributed by atoms with Crippen molar-refractivity contribution < 1.29 is 0 Å². The van der Waals surface area contributed by atoms with Crippen LogP contribution < -0.4 is 0 Å². The molecule has 0 saturated carbocycles. The molecule has 0 heterocycles. The van der Waals surface area contributed by atoms with Gasteiger partial charge in [-0.05, 0) is 25.7 Å². The van der Waals surface area contributed by atoms with E-state index >= 15 is 0 Å². The Hall–Kier alpha value is -0.260. The van der Waals surface area contributed by atoms with Gasteiger partial charge in [-0.2, -0.15) is 0 Å². The minimum atomic E-state index is 0.813. The van der Waals surface area contributed by atoms with Gasteiger partial charge in [-0.1, -0.05) is 38.8 Å². The summed E-state index contributed by atoms with van der Waals surface area (Å²) >= 11 is 0. The van der Waals surface area contributed by atoms with Crippen molar-refractivity contribution in [3.8, 4) is 0 Å². The van der Waals surface area contributed by atoms with Crippen molar-refractivity contribution in [1.82, 2.24) is 0 Å². The molecule has 0 aliphatic heterocycles. The van der Waals surface area contributed by atoms with Gasteiger partial charge in [-0.15, -0.1) is 0 Å². The molecule has 60 valence electrons. The van der Waals surface area contributed by atoms with Crippen LogP contribution in [0.25, 0.3) is 0 Å². The number of allylic oxidation sites excluding steroid dienone is 2. The van der Waals surface area contributed by atoms with Crippen LogP contribution in [0.1, 0.15) is 47.0 Å². The molecule has 0 N–H and O–H groups in total. The standard InChI is InChI=1S/C10H20/c1-5-6-7-10(4)8-9(2)3/h7,9H,5-6,8H2,1-4H3/b10-7-. The Morgan fingerprint density at radius 1 is 1.40 bits per heavy atom. The van der Waals surface area contributed by atoms with E-state index in [0.717, 1.165) is 5.92 Å². The van der Waals surface area contributed by atoms with Crippen molar-refractivity contribution in [3.05, 3.63) is 11.6 Å². The molecule has 0 saturated heterocycles. The Morgan fingerprint density at radius 2 is 2.00 bits per heavy atom. The summed E-state index contributed by atoms with van der Waals surface area (Å²) in [6.45, 7) is 8.99. The van der Waals surface area contributed by atoms with Crippen molar-refractivity contribution in [3.63, 3.8) is 0 Å². The predicted molar refractivity (Wildman–Crippen MR) is 48.1 cm³/mol. The molecule has 0 aromatic rings. The summed E-state index contributed by atoms with van der Waals surface area (Å²) in [5, 5.41) is 0. The average molecular weight is 140 g/mol. The van der Waals surface area contributed by atoms with Crippen LogP contribution in [0.5, 0.6) is 0 Å². The smallest absolute Gasteiger partial charge is 0.0300 e. The van der Waals surface area contributed by atoms with Crippen molar-refractivity contribution in [2.24, 2.45) is 5.92 Å². The van der Waals surface area contributed by atoms with Gasteiger partial charge >= 0.3 is 0 Å². The lowest BCUT2D eigenvalue weighted by atomic mass is 10.0. The monoisotopic (exact) mass is 140 g/mol. The lowest BCUT2D eigenvalue weighted by molar-refractivity contribution is 0.639. The Balaban J connectivity index is 3.49. The fourth-order valence-corrected chi connectivity index (χ4v) is 1.12. The number of hydrogen-bond acceptors (Lipinski definition) is 0. The van der Waals surface area contributed by atoms with E-state index in [9.17, 15) is 0 Å². The average Bonchev–Trinajstić information content (AvgIpc) is 1.82. The first-order valence-corrected chi connectivity index (χ1v) is 4.32. The SMILES string of the molecule is CCC/C=C(/C)CC(C)C. The second-order valence-electron chi connectivity index (χ2n) is 3.44. The maximum atomic E-state index is 2.36. The van der Waals surface area contributed by atoms with Gasteiger partial charge in [0, 0.05) is 0 Å². The third-order valence-electron chi connectivity index (χ3n) is 1.51. The van der Waals surface area contributed by atoms with Crippen LogP contribution in [0.15, 0.2) is 11.6 Å². The van der Waals surface area contributed by atoms with Gasteiger partial charge in [0.1, 0.15) is 0 Å². The summed E-state index contributed by atoms with van der Waals surface area (Å²) in [7, 11) is 0. The molecule has 0 rings (SSSR count). The number of hydrogen-bond donors (Lipinski definition) is 0. The van der Waals surface area contributed by atoms with E-state index < -0.39 is 0 Å². The van der Waals surface area contributed by atoms with E-state index in [1.54, 1.807) is 5.57 Å². The Labute approximate surface area is 65.3 Å². The lowest BCUT2D eigenvalue weighted by Crippen LogP contribution is -1.87. The Bertz CT molecular complexity index is 98.6. The normalized spacial score (nSPS) is 12.7. The largest absolute Gasteiger partial charge is 0.0856 e. The van der Waals surface area contributed by atoms with Crippen molar-refractivity contribution in [1.29, 1.82) is 0 Å². The summed E-state index contributed by atoms with van der Waals surface area (Å²) in [5.41, 5.74) is 1.55. The lowest BCUT2D eigenvalue weighted by Gasteiger charge is -2.03. The van der Waals surface area contributed by atoms with Crippen molar-refractivity contribution in [2.75, 3.05) is 0 Å². The van der Waals surface area contributed by atoms with Gasteiger partial charge in [0.05, 0.1) is 0 Å². The minimum Gasteiger partial charge on any atom is -0.0856 e. The van der Waals surface area contributed by atoms with Crippen LogP contribution in [0.3, 0.4) is 0 Å². The van der Waals surface area contributed by atoms with E-state index in [2.05, 4.69) is 33.8 Å². The van der Waals surface area contributed by atoms with E-state index in [4.69, 9.17) is 0 Å². The van der Waals surface area contributed by atoms with E-state index in [-0.39, 0.29) is 0 Å². The van der Waals surface area contributed by atoms with Gasteiger partial charge in [-0.3, -0.25) is 0 Å². The highest BCUT2D eigenvalue weighted by Gasteiger charge is 1.93. The van der Waals surface area contributed by atoms with Crippen LogP contribution in [0.4, 0.5) is 0 Å². The molecule has 0 aliphatic carbocycles. The second-order valence-corrected chi connectivity index (χ2v) is 3.44. The summed E-state index contributed by atoms with van der Waals surface area (Å²) in [6.07, 6.45) is 6.15. The van der Waals surface area contributed by atoms with E-state index in [1.807, 2.05) is 0 Å². The highest BCUT2D eigenvalue weighted by atomic mass is 14.0. The van der Waals surface area contributed by atoms with Crippen molar-refractivity contribution >= 4 is 0 Å². The fourth-order valence-electron chi connectivity index (χ4n) is 1.12. The van der Waals surface area contributed by atoms with Gasteiger partial charge in [0.2, 0.25) is 0 Å². The maximum absolute atomic E-state index is 2.36. The molecule has 0 radical (unpaired) electrons. The molecular formula is C10H20. The minimum absolute atomic E-state index is 0.813. The summed E-state index contributed by atoms with van der Waals surface area (Å²) in [5.74, 6) is 0.813. The van der Waals surface area contributed by atoms with Crippen LogP contribution >= 0.6 is 0 Å². The van der Waals surface area contributed by atoms with Crippen LogP contribution in [-0.2, 0) is 0 Å². The Morgan fingerprint density at radius 3 is 2.40 bits per heavy atom. The molecule has 0 bridgehead atoms. The van der Waals surface area contributed by atoms with Gasteiger partial charge < -0.3 is 0 Å². The maximum Gasteiger partial charge on any atom is -0.0300 e. The molecule has 0 aromatic heterocycles. The summed E-state index contributed by atoms with van der Waals surface area (Å²) < 4.78 is 0. The molecule has 0 heteroatoms. The molecule has 0 amide bonds.